The van der Waals surface area contributed by atoms with E-state index < -0.39 is 21.9 Å². The van der Waals surface area contributed by atoms with Crippen LogP contribution in [0.2, 0.25) is 0 Å². The number of aromatic nitrogens is 3. The molecule has 1 fully saturated rings. The molecule has 0 spiro atoms. The number of sulfone groups is 1. The van der Waals surface area contributed by atoms with Crippen LogP contribution in [0.4, 0.5) is 16.2 Å². The molecule has 2 aromatic carbocycles. The van der Waals surface area contributed by atoms with Gasteiger partial charge < -0.3 is 16.0 Å². The molecule has 3 aromatic rings. The van der Waals surface area contributed by atoms with Crippen molar-refractivity contribution >= 4 is 33.2 Å². The molecule has 0 aliphatic carbocycles. The van der Waals surface area contributed by atoms with Gasteiger partial charge in [-0.25, -0.2) is 13.2 Å². The van der Waals surface area contributed by atoms with Crippen molar-refractivity contribution in [3.05, 3.63) is 66.7 Å². The molecule has 31 heavy (non-hydrogen) atoms. The van der Waals surface area contributed by atoms with Crippen LogP contribution in [0.25, 0.3) is 5.69 Å². The van der Waals surface area contributed by atoms with Crippen LogP contribution in [0, 0.1) is 0 Å². The molecule has 1 saturated heterocycles. The summed E-state index contributed by atoms with van der Waals surface area (Å²) in [6.07, 6.45) is 3.51. The van der Waals surface area contributed by atoms with E-state index in [4.69, 9.17) is 0 Å². The molecule has 4 rings (SSSR count). The molecule has 1 aliphatic heterocycles. The second-order valence-electron chi connectivity index (χ2n) is 7.15. The zero-order chi connectivity index (χ0) is 21.8. The summed E-state index contributed by atoms with van der Waals surface area (Å²) in [5, 5.41) is 15.6. The molecule has 2 heterocycles. The van der Waals surface area contributed by atoms with Gasteiger partial charge in [0, 0.05) is 23.0 Å². The highest BCUT2D eigenvalue weighted by Gasteiger charge is 2.28. The second-order valence-corrected chi connectivity index (χ2v) is 9.38. The lowest BCUT2D eigenvalue weighted by Crippen LogP contribution is -2.38. The first-order valence-electron chi connectivity index (χ1n) is 9.52. The largest absolute Gasteiger partial charge is 0.334 e. The standard InChI is InChI=1S/C20H20N6O4S/c27-19(23-16-5-2-6-18(10-16)26-12-21-22-13-26)14-3-1-4-15(9-14)24-20(28)25-17-7-8-31(29,30)11-17/h1-6,9-10,12-13,17H,7-8,11H2,(H,23,27)(H2,24,25,28). The normalized spacial score (nSPS) is 17.1. The van der Waals surface area contributed by atoms with Crippen LogP contribution in [-0.4, -0.2) is 52.7 Å². The Morgan fingerprint density at radius 1 is 0.968 bits per heavy atom. The predicted octanol–water partition coefficient (Wildman–Crippen LogP) is 1.83. The van der Waals surface area contributed by atoms with Crippen LogP contribution in [0.1, 0.15) is 16.8 Å². The Balaban J connectivity index is 1.39. The van der Waals surface area contributed by atoms with Gasteiger partial charge in [0.05, 0.1) is 17.2 Å². The molecule has 160 valence electrons. The Labute approximate surface area is 178 Å². The molecule has 1 aromatic heterocycles. The summed E-state index contributed by atoms with van der Waals surface area (Å²) in [5.74, 6) is -0.324. The highest BCUT2D eigenvalue weighted by Crippen LogP contribution is 2.17. The van der Waals surface area contributed by atoms with Crippen molar-refractivity contribution in [2.45, 2.75) is 12.5 Å². The minimum Gasteiger partial charge on any atom is -0.334 e. The first-order chi connectivity index (χ1) is 14.9. The number of hydrogen-bond acceptors (Lipinski definition) is 6. The number of rotatable bonds is 5. The van der Waals surface area contributed by atoms with Gasteiger partial charge in [-0.15, -0.1) is 10.2 Å². The van der Waals surface area contributed by atoms with E-state index in [2.05, 4.69) is 26.1 Å². The van der Waals surface area contributed by atoms with E-state index in [1.54, 1.807) is 59.7 Å². The summed E-state index contributed by atoms with van der Waals surface area (Å²) in [6, 6.07) is 12.8. The van der Waals surface area contributed by atoms with Crippen molar-refractivity contribution in [3.8, 4) is 5.69 Å². The molecule has 1 atom stereocenters. The van der Waals surface area contributed by atoms with Gasteiger partial charge in [-0.1, -0.05) is 12.1 Å². The van der Waals surface area contributed by atoms with E-state index in [9.17, 15) is 18.0 Å². The number of nitrogens with zero attached hydrogens (tertiary/aromatic N) is 3. The van der Waals surface area contributed by atoms with Gasteiger partial charge in [0.1, 0.15) is 12.7 Å². The topological polar surface area (TPSA) is 135 Å². The molecule has 0 radical (unpaired) electrons. The Morgan fingerprint density at radius 3 is 2.39 bits per heavy atom. The molecule has 0 saturated carbocycles. The maximum Gasteiger partial charge on any atom is 0.319 e. The fourth-order valence-corrected chi connectivity index (χ4v) is 4.95. The minimum absolute atomic E-state index is 0.0585. The molecule has 3 N–H and O–H groups in total. The summed E-state index contributed by atoms with van der Waals surface area (Å²) in [7, 11) is -3.08. The van der Waals surface area contributed by atoms with Crippen LogP contribution in [0.5, 0.6) is 0 Å². The first kappa shape index (κ1) is 20.5. The lowest BCUT2D eigenvalue weighted by atomic mass is 10.1. The Hall–Kier alpha value is -3.73. The van der Waals surface area contributed by atoms with E-state index in [-0.39, 0.29) is 17.4 Å². The summed E-state index contributed by atoms with van der Waals surface area (Å²) in [5.41, 5.74) is 2.17. The lowest BCUT2D eigenvalue weighted by Gasteiger charge is -2.13. The van der Waals surface area contributed by atoms with Gasteiger partial charge >= 0.3 is 6.03 Å². The Kier molecular flexibility index (Phi) is 5.67. The average Bonchev–Trinajstić information content (AvgIpc) is 3.38. The molecule has 3 amide bonds. The maximum absolute atomic E-state index is 12.7. The number of anilines is 2. The Bertz CT molecular complexity index is 1210. The van der Waals surface area contributed by atoms with Crippen LogP contribution < -0.4 is 16.0 Å². The quantitative estimate of drug-likeness (QED) is 0.554. The van der Waals surface area contributed by atoms with Gasteiger partial charge in [0.25, 0.3) is 5.91 Å². The predicted molar refractivity (Wildman–Crippen MR) is 115 cm³/mol. The van der Waals surface area contributed by atoms with Gasteiger partial charge in [-0.05, 0) is 42.8 Å². The Morgan fingerprint density at radius 2 is 1.68 bits per heavy atom. The third kappa shape index (κ3) is 5.25. The maximum atomic E-state index is 12.7. The fourth-order valence-electron chi connectivity index (χ4n) is 3.28. The molecule has 10 nitrogen and oxygen atoms in total. The summed E-state index contributed by atoms with van der Waals surface area (Å²) in [4.78, 5) is 24.8. The van der Waals surface area contributed by atoms with Crippen molar-refractivity contribution in [2.24, 2.45) is 0 Å². The van der Waals surface area contributed by atoms with Gasteiger partial charge in [0.15, 0.2) is 9.84 Å². The van der Waals surface area contributed by atoms with Crippen molar-refractivity contribution in [2.75, 3.05) is 22.1 Å². The van der Waals surface area contributed by atoms with E-state index in [1.807, 2.05) is 6.07 Å². The van der Waals surface area contributed by atoms with E-state index in [1.165, 1.54) is 0 Å². The number of hydrogen-bond donors (Lipinski definition) is 3. The second kappa shape index (κ2) is 8.56. The van der Waals surface area contributed by atoms with Gasteiger partial charge in [0.2, 0.25) is 0 Å². The van der Waals surface area contributed by atoms with Crippen LogP contribution in [0.15, 0.2) is 61.2 Å². The van der Waals surface area contributed by atoms with Crippen molar-refractivity contribution in [1.29, 1.82) is 0 Å². The van der Waals surface area contributed by atoms with Gasteiger partial charge in [-0.2, -0.15) is 0 Å². The van der Waals surface area contributed by atoms with Gasteiger partial charge in [-0.3, -0.25) is 9.36 Å². The van der Waals surface area contributed by atoms with Crippen molar-refractivity contribution in [1.82, 2.24) is 20.1 Å². The monoisotopic (exact) mass is 440 g/mol. The number of nitrogens with one attached hydrogen (secondary N) is 3. The molecular weight excluding hydrogens is 420 g/mol. The van der Waals surface area contributed by atoms with E-state index in [0.717, 1.165) is 5.69 Å². The van der Waals surface area contributed by atoms with Crippen LogP contribution in [-0.2, 0) is 9.84 Å². The molecular formula is C20H20N6O4S. The van der Waals surface area contributed by atoms with Crippen molar-refractivity contribution in [3.63, 3.8) is 0 Å². The molecule has 1 unspecified atom stereocenters. The summed E-state index contributed by atoms with van der Waals surface area (Å²) < 4.78 is 24.7. The zero-order valence-corrected chi connectivity index (χ0v) is 17.2. The lowest BCUT2D eigenvalue weighted by molar-refractivity contribution is 0.102. The fraction of sp³-hybridized carbons (Fsp3) is 0.200. The number of carbonyl (C=O) groups is 2. The minimum atomic E-state index is -3.08. The van der Waals surface area contributed by atoms with E-state index in [0.29, 0.717) is 23.4 Å². The highest BCUT2D eigenvalue weighted by atomic mass is 32.2. The number of benzene rings is 2. The first-order valence-corrected chi connectivity index (χ1v) is 11.3. The molecule has 11 heteroatoms. The van der Waals surface area contributed by atoms with Crippen LogP contribution in [0.3, 0.4) is 0 Å². The summed E-state index contributed by atoms with van der Waals surface area (Å²) >= 11 is 0. The SMILES string of the molecule is O=C(Nc1cccc(C(=O)Nc2cccc(-n3cnnc3)c2)c1)NC1CCS(=O)(=O)C1. The third-order valence-electron chi connectivity index (χ3n) is 4.77. The molecule has 1 aliphatic rings. The smallest absolute Gasteiger partial charge is 0.319 e. The average molecular weight is 440 g/mol. The summed E-state index contributed by atoms with van der Waals surface area (Å²) in [6.45, 7) is 0. The number of amides is 3. The number of urea groups is 1. The van der Waals surface area contributed by atoms with Crippen LogP contribution >= 0.6 is 0 Å². The third-order valence-corrected chi connectivity index (χ3v) is 6.54. The van der Waals surface area contributed by atoms with Crippen molar-refractivity contribution < 1.29 is 18.0 Å². The zero-order valence-electron chi connectivity index (χ0n) is 16.4. The highest BCUT2D eigenvalue weighted by molar-refractivity contribution is 7.91. The molecule has 0 bridgehead atoms. The van der Waals surface area contributed by atoms with E-state index >= 15 is 0 Å². The number of carbonyl (C=O) groups excluding carboxylic acids is 2.